The van der Waals surface area contributed by atoms with Gasteiger partial charge in [-0.25, -0.2) is 5.43 Å². The highest BCUT2D eigenvalue weighted by atomic mass is 35.5. The number of nitrogens with one attached hydrogen (secondary N) is 1. The Labute approximate surface area is 127 Å². The van der Waals surface area contributed by atoms with Gasteiger partial charge in [0.1, 0.15) is 0 Å². The maximum absolute atomic E-state index is 11.9. The zero-order chi connectivity index (χ0) is 14.5. The lowest BCUT2D eigenvalue weighted by Gasteiger charge is -2.01. The molecule has 20 heavy (non-hydrogen) atoms. The average molecular weight is 307 g/mol. The Morgan fingerprint density at radius 3 is 2.55 bits per heavy atom. The molecular formula is C15H15ClN2OS. The molecule has 3 nitrogen and oxygen atoms in total. The SMILES string of the molecule is CCc1ccc(/C(C)=N/NC(=O)c2ccc(Cl)cc2)s1. The van der Waals surface area contributed by atoms with Crippen LogP contribution in [0.15, 0.2) is 41.5 Å². The van der Waals surface area contributed by atoms with Gasteiger partial charge in [-0.05, 0) is 49.7 Å². The van der Waals surface area contributed by atoms with E-state index in [1.807, 2.05) is 13.0 Å². The van der Waals surface area contributed by atoms with Gasteiger partial charge in [0.05, 0.1) is 10.6 Å². The van der Waals surface area contributed by atoms with E-state index in [-0.39, 0.29) is 5.91 Å². The molecule has 104 valence electrons. The summed E-state index contributed by atoms with van der Waals surface area (Å²) in [4.78, 5) is 14.3. The molecule has 2 rings (SSSR count). The molecule has 0 unspecified atom stereocenters. The predicted octanol–water partition coefficient (Wildman–Crippen LogP) is 4.12. The first-order valence-electron chi connectivity index (χ1n) is 6.29. The molecule has 1 N–H and O–H groups in total. The number of thiophene rings is 1. The summed E-state index contributed by atoms with van der Waals surface area (Å²) in [6.07, 6.45) is 1.01. The summed E-state index contributed by atoms with van der Waals surface area (Å²) >= 11 is 7.47. The van der Waals surface area contributed by atoms with E-state index in [2.05, 4.69) is 23.5 Å². The number of carbonyl (C=O) groups is 1. The summed E-state index contributed by atoms with van der Waals surface area (Å²) in [5.74, 6) is -0.242. The molecule has 0 radical (unpaired) electrons. The van der Waals surface area contributed by atoms with Gasteiger partial charge < -0.3 is 0 Å². The second kappa shape index (κ2) is 6.68. The predicted molar refractivity (Wildman–Crippen MR) is 84.8 cm³/mol. The van der Waals surface area contributed by atoms with E-state index in [4.69, 9.17) is 11.6 Å². The first kappa shape index (κ1) is 14.8. The largest absolute Gasteiger partial charge is 0.271 e. The van der Waals surface area contributed by atoms with Crippen molar-refractivity contribution in [2.45, 2.75) is 20.3 Å². The molecule has 1 aromatic carbocycles. The van der Waals surface area contributed by atoms with Crippen molar-refractivity contribution in [2.24, 2.45) is 5.10 Å². The first-order chi connectivity index (χ1) is 9.60. The molecule has 2 aromatic rings. The van der Waals surface area contributed by atoms with Gasteiger partial charge in [-0.1, -0.05) is 18.5 Å². The fraction of sp³-hybridized carbons (Fsp3) is 0.200. The van der Waals surface area contributed by atoms with E-state index in [9.17, 15) is 4.79 Å². The lowest BCUT2D eigenvalue weighted by molar-refractivity contribution is 0.0955. The summed E-state index contributed by atoms with van der Waals surface area (Å²) in [5.41, 5.74) is 3.89. The van der Waals surface area contributed by atoms with Crippen molar-refractivity contribution in [3.05, 3.63) is 56.7 Å². The Hall–Kier alpha value is -1.65. The fourth-order valence-corrected chi connectivity index (χ4v) is 2.64. The first-order valence-corrected chi connectivity index (χ1v) is 7.49. The minimum atomic E-state index is -0.242. The van der Waals surface area contributed by atoms with Crippen LogP contribution < -0.4 is 5.43 Å². The Balaban J connectivity index is 2.04. The number of hydrogen-bond acceptors (Lipinski definition) is 3. The van der Waals surface area contributed by atoms with Crippen LogP contribution in [-0.2, 0) is 6.42 Å². The van der Waals surface area contributed by atoms with E-state index in [1.165, 1.54) is 4.88 Å². The van der Waals surface area contributed by atoms with Gasteiger partial charge in [0.2, 0.25) is 0 Å². The van der Waals surface area contributed by atoms with Crippen LogP contribution in [0, 0.1) is 0 Å². The zero-order valence-electron chi connectivity index (χ0n) is 11.3. The average Bonchev–Trinajstić information content (AvgIpc) is 2.94. The van der Waals surface area contributed by atoms with E-state index in [1.54, 1.807) is 35.6 Å². The van der Waals surface area contributed by atoms with E-state index in [0.717, 1.165) is 17.0 Å². The Bertz CT molecular complexity index is 632. The number of nitrogens with zero attached hydrogens (tertiary/aromatic N) is 1. The smallest absolute Gasteiger partial charge is 0.267 e. The number of carbonyl (C=O) groups excluding carboxylic acids is 1. The number of hydrazone groups is 1. The number of amides is 1. The lowest BCUT2D eigenvalue weighted by atomic mass is 10.2. The monoisotopic (exact) mass is 306 g/mol. The third-order valence-electron chi connectivity index (χ3n) is 2.80. The molecule has 0 aliphatic heterocycles. The van der Waals surface area contributed by atoms with Gasteiger partial charge in [0, 0.05) is 15.5 Å². The minimum absolute atomic E-state index is 0.242. The molecule has 1 amide bonds. The molecule has 0 aliphatic carbocycles. The highest BCUT2D eigenvalue weighted by Gasteiger charge is 2.06. The van der Waals surface area contributed by atoms with Gasteiger partial charge in [0.15, 0.2) is 0 Å². The van der Waals surface area contributed by atoms with Gasteiger partial charge in [-0.15, -0.1) is 11.3 Å². The molecule has 0 saturated heterocycles. The molecule has 0 bridgehead atoms. The molecule has 0 fully saturated rings. The second-order valence-corrected chi connectivity index (χ2v) is 5.87. The third-order valence-corrected chi connectivity index (χ3v) is 4.39. The summed E-state index contributed by atoms with van der Waals surface area (Å²) in [6, 6.07) is 10.8. The Kier molecular flexibility index (Phi) is 4.93. The van der Waals surface area contributed by atoms with Crippen molar-refractivity contribution in [3.8, 4) is 0 Å². The normalized spacial score (nSPS) is 11.4. The van der Waals surface area contributed by atoms with Crippen LogP contribution in [0.1, 0.15) is 34.0 Å². The van der Waals surface area contributed by atoms with Crippen molar-refractivity contribution < 1.29 is 4.79 Å². The number of aryl methyl sites for hydroxylation is 1. The summed E-state index contributed by atoms with van der Waals surface area (Å²) in [5, 5.41) is 4.74. The molecule has 0 atom stereocenters. The molecule has 1 aromatic heterocycles. The molecular weight excluding hydrogens is 292 g/mol. The minimum Gasteiger partial charge on any atom is -0.267 e. The van der Waals surface area contributed by atoms with Gasteiger partial charge in [0.25, 0.3) is 5.91 Å². The van der Waals surface area contributed by atoms with Gasteiger partial charge in [-0.3, -0.25) is 4.79 Å². The lowest BCUT2D eigenvalue weighted by Crippen LogP contribution is -2.18. The number of rotatable bonds is 4. The van der Waals surface area contributed by atoms with Crippen LogP contribution in [0.25, 0.3) is 0 Å². The van der Waals surface area contributed by atoms with Crippen molar-refractivity contribution >= 4 is 34.6 Å². The van der Waals surface area contributed by atoms with Crippen molar-refractivity contribution in [1.29, 1.82) is 0 Å². The number of hydrogen-bond donors (Lipinski definition) is 1. The maximum atomic E-state index is 11.9. The molecule has 0 spiro atoms. The van der Waals surface area contributed by atoms with Crippen LogP contribution >= 0.6 is 22.9 Å². The Morgan fingerprint density at radius 1 is 1.25 bits per heavy atom. The van der Waals surface area contributed by atoms with Crippen LogP contribution in [0.4, 0.5) is 0 Å². The maximum Gasteiger partial charge on any atom is 0.271 e. The molecule has 1 heterocycles. The van der Waals surface area contributed by atoms with Crippen LogP contribution in [-0.4, -0.2) is 11.6 Å². The zero-order valence-corrected chi connectivity index (χ0v) is 12.9. The highest BCUT2D eigenvalue weighted by molar-refractivity contribution is 7.14. The topological polar surface area (TPSA) is 41.5 Å². The number of halogens is 1. The van der Waals surface area contributed by atoms with Crippen molar-refractivity contribution in [3.63, 3.8) is 0 Å². The number of benzene rings is 1. The Morgan fingerprint density at radius 2 is 1.95 bits per heavy atom. The van der Waals surface area contributed by atoms with Crippen LogP contribution in [0.2, 0.25) is 5.02 Å². The van der Waals surface area contributed by atoms with Gasteiger partial charge >= 0.3 is 0 Å². The van der Waals surface area contributed by atoms with Crippen LogP contribution in [0.3, 0.4) is 0 Å². The summed E-state index contributed by atoms with van der Waals surface area (Å²) in [7, 11) is 0. The molecule has 0 aliphatic rings. The third kappa shape index (κ3) is 3.68. The van der Waals surface area contributed by atoms with E-state index in [0.29, 0.717) is 10.6 Å². The van der Waals surface area contributed by atoms with Crippen molar-refractivity contribution in [1.82, 2.24) is 5.43 Å². The molecule has 0 saturated carbocycles. The molecule has 5 heteroatoms. The highest BCUT2D eigenvalue weighted by Crippen LogP contribution is 2.17. The van der Waals surface area contributed by atoms with E-state index >= 15 is 0 Å². The van der Waals surface area contributed by atoms with Crippen molar-refractivity contribution in [2.75, 3.05) is 0 Å². The summed E-state index contributed by atoms with van der Waals surface area (Å²) < 4.78 is 0. The van der Waals surface area contributed by atoms with E-state index < -0.39 is 0 Å². The van der Waals surface area contributed by atoms with Crippen LogP contribution in [0.5, 0.6) is 0 Å². The van der Waals surface area contributed by atoms with Gasteiger partial charge in [-0.2, -0.15) is 5.10 Å². The standard InChI is InChI=1S/C15H15ClN2OS/c1-3-13-8-9-14(20-13)10(2)17-18-15(19)11-4-6-12(16)7-5-11/h4-9H,3H2,1-2H3,(H,18,19)/b17-10+. The fourth-order valence-electron chi connectivity index (χ4n) is 1.62. The summed E-state index contributed by atoms with van der Waals surface area (Å²) in [6.45, 7) is 4.00. The second-order valence-electron chi connectivity index (χ2n) is 4.26. The quantitative estimate of drug-likeness (QED) is 0.670.